The number of aromatic nitrogens is 3. The first kappa shape index (κ1) is 25.5. The Bertz CT molecular complexity index is 1330. The number of aliphatic hydroxyl groups is 3. The van der Waals surface area contributed by atoms with Gasteiger partial charge in [0.2, 0.25) is 5.95 Å². The zero-order valence-electron chi connectivity index (χ0n) is 19.6. The van der Waals surface area contributed by atoms with Gasteiger partial charge in [-0.1, -0.05) is 18.2 Å². The van der Waals surface area contributed by atoms with Gasteiger partial charge in [-0.25, -0.2) is 9.97 Å². The van der Waals surface area contributed by atoms with E-state index in [-0.39, 0.29) is 18.2 Å². The fraction of sp³-hybridized carbons (Fsp3) is 0.417. The molecule has 0 saturated heterocycles. The van der Waals surface area contributed by atoms with Crippen LogP contribution in [0.2, 0.25) is 0 Å². The van der Waals surface area contributed by atoms with E-state index in [9.17, 15) is 28.5 Å². The molecule has 0 bridgehead atoms. The van der Waals surface area contributed by atoms with Crippen LogP contribution in [0.1, 0.15) is 18.5 Å². The molecular weight excluding hydrogens is 509 g/mol. The Morgan fingerprint density at radius 3 is 2.62 bits per heavy atom. The lowest BCUT2D eigenvalue weighted by Crippen LogP contribution is -2.38. The highest BCUT2D eigenvalue weighted by molar-refractivity contribution is 7.21. The number of rotatable bonds is 7. The Kier molecular flexibility index (Phi) is 6.88. The smallest absolute Gasteiger partial charge is 0.390 e. The zero-order chi connectivity index (χ0) is 26.3. The third-order valence-electron chi connectivity index (χ3n) is 6.51. The molecule has 196 valence electrons. The third kappa shape index (κ3) is 5.30. The van der Waals surface area contributed by atoms with E-state index in [0.717, 1.165) is 10.2 Å². The summed E-state index contributed by atoms with van der Waals surface area (Å²) in [6.45, 7) is 0.326. The van der Waals surface area contributed by atoms with Crippen LogP contribution in [-0.2, 0) is 0 Å². The number of thiazole rings is 1. The molecule has 13 heteroatoms. The molecule has 1 aromatic carbocycles. The quantitative estimate of drug-likeness (QED) is 0.312. The Morgan fingerprint density at radius 1 is 1.14 bits per heavy atom. The number of fused-ring (bicyclic) bond motifs is 1. The lowest BCUT2D eigenvalue weighted by atomic mass is 9.93. The van der Waals surface area contributed by atoms with Gasteiger partial charge >= 0.3 is 6.18 Å². The number of hydrogen-bond acceptors (Lipinski definition) is 10. The van der Waals surface area contributed by atoms with E-state index in [1.165, 1.54) is 11.3 Å². The molecule has 3 aromatic rings. The van der Waals surface area contributed by atoms with Crippen molar-refractivity contribution in [3.63, 3.8) is 0 Å². The lowest BCUT2D eigenvalue weighted by Gasteiger charge is -2.22. The van der Waals surface area contributed by atoms with E-state index in [4.69, 9.17) is 0 Å². The van der Waals surface area contributed by atoms with Gasteiger partial charge in [-0.3, -0.25) is 4.99 Å². The predicted molar refractivity (Wildman–Crippen MR) is 135 cm³/mol. The molecular formula is C24H25F3N6O3S. The van der Waals surface area contributed by atoms with Crippen LogP contribution in [0, 0.1) is 12.8 Å². The van der Waals surface area contributed by atoms with Gasteiger partial charge in [0.05, 0.1) is 45.4 Å². The number of alkyl halides is 3. The molecule has 37 heavy (non-hydrogen) atoms. The molecule has 5 N–H and O–H groups in total. The fourth-order valence-electron chi connectivity index (χ4n) is 4.69. The van der Waals surface area contributed by atoms with E-state index in [1.807, 2.05) is 24.3 Å². The number of benzene rings is 1. The van der Waals surface area contributed by atoms with Gasteiger partial charge in [0, 0.05) is 18.5 Å². The van der Waals surface area contributed by atoms with Crippen LogP contribution in [0.25, 0.3) is 20.8 Å². The van der Waals surface area contributed by atoms with Crippen molar-refractivity contribution in [1.29, 1.82) is 0 Å². The maximum absolute atomic E-state index is 12.8. The summed E-state index contributed by atoms with van der Waals surface area (Å²) in [5, 5.41) is 38.1. The molecule has 2 aliphatic rings. The van der Waals surface area contributed by atoms with Crippen molar-refractivity contribution in [3.8, 4) is 10.6 Å². The number of aryl methyl sites for hydroxylation is 1. The monoisotopic (exact) mass is 534 g/mol. The summed E-state index contributed by atoms with van der Waals surface area (Å²) in [6, 6.07) is 6.74. The van der Waals surface area contributed by atoms with Gasteiger partial charge < -0.3 is 26.0 Å². The summed E-state index contributed by atoms with van der Waals surface area (Å²) in [6.07, 6.45) is -4.02. The number of nitrogens with one attached hydrogen (secondary N) is 2. The minimum Gasteiger partial charge on any atom is -0.390 e. The molecule has 1 aliphatic heterocycles. The highest BCUT2D eigenvalue weighted by atomic mass is 32.1. The van der Waals surface area contributed by atoms with Gasteiger partial charge in [0.1, 0.15) is 23.5 Å². The van der Waals surface area contributed by atoms with E-state index < -0.39 is 43.0 Å². The van der Waals surface area contributed by atoms with Crippen LogP contribution < -0.4 is 10.6 Å². The molecule has 1 fully saturated rings. The summed E-state index contributed by atoms with van der Waals surface area (Å²) in [5.74, 6) is -0.761. The number of anilines is 2. The van der Waals surface area contributed by atoms with Crippen molar-refractivity contribution < 1.29 is 28.5 Å². The number of para-hydroxylation sites is 1. The number of aliphatic imine (C=N–C) groups is 1. The maximum atomic E-state index is 12.8. The van der Waals surface area contributed by atoms with Crippen molar-refractivity contribution in [2.45, 2.75) is 50.3 Å². The minimum absolute atomic E-state index is 0.169. The van der Waals surface area contributed by atoms with Crippen LogP contribution in [-0.4, -0.2) is 73.1 Å². The van der Waals surface area contributed by atoms with Crippen LogP contribution in [0.15, 0.2) is 41.5 Å². The van der Waals surface area contributed by atoms with E-state index in [1.54, 1.807) is 19.2 Å². The Balaban J connectivity index is 1.48. The normalized spacial score (nSPS) is 24.5. The Morgan fingerprint density at radius 2 is 1.92 bits per heavy atom. The average Bonchev–Trinajstić information content (AvgIpc) is 3.58. The van der Waals surface area contributed by atoms with Crippen molar-refractivity contribution in [3.05, 3.63) is 42.2 Å². The Hall–Kier alpha value is -3.13. The molecule has 3 heterocycles. The zero-order valence-corrected chi connectivity index (χ0v) is 20.5. The van der Waals surface area contributed by atoms with Crippen LogP contribution >= 0.6 is 11.3 Å². The highest BCUT2D eigenvalue weighted by Gasteiger charge is 2.46. The van der Waals surface area contributed by atoms with E-state index >= 15 is 0 Å². The van der Waals surface area contributed by atoms with Crippen molar-refractivity contribution in [2.75, 3.05) is 17.2 Å². The first-order chi connectivity index (χ1) is 17.6. The highest BCUT2D eigenvalue weighted by Crippen LogP contribution is 2.39. The number of aliphatic hydroxyl groups excluding tert-OH is 3. The fourth-order valence-corrected chi connectivity index (χ4v) is 5.75. The first-order valence-electron chi connectivity index (χ1n) is 11.7. The van der Waals surface area contributed by atoms with Gasteiger partial charge in [-0.15, -0.1) is 11.3 Å². The third-order valence-corrected chi connectivity index (χ3v) is 7.57. The average molecular weight is 535 g/mol. The SMILES string of the molecule is Cc1nc(NCC(F)(F)F)nc(N[C@@H]2C[C@H](C(O)C3=NC=CC3)[C@@H](O)[C@H]2O)c1-c1nc2ccccc2s1. The number of hydrogen-bond donors (Lipinski definition) is 5. The molecule has 2 aromatic heterocycles. The molecule has 5 rings (SSSR count). The van der Waals surface area contributed by atoms with Crippen LogP contribution in [0.4, 0.5) is 24.9 Å². The molecule has 1 aliphatic carbocycles. The van der Waals surface area contributed by atoms with Gasteiger partial charge in [0.15, 0.2) is 0 Å². The van der Waals surface area contributed by atoms with Gasteiger partial charge in [-0.2, -0.15) is 18.2 Å². The second kappa shape index (κ2) is 9.97. The van der Waals surface area contributed by atoms with E-state index in [2.05, 4.69) is 30.6 Å². The molecule has 5 atom stereocenters. The van der Waals surface area contributed by atoms with Gasteiger partial charge in [-0.05, 0) is 25.5 Å². The van der Waals surface area contributed by atoms with Crippen molar-refractivity contribution in [1.82, 2.24) is 15.0 Å². The summed E-state index contributed by atoms with van der Waals surface area (Å²) < 4.78 is 39.4. The maximum Gasteiger partial charge on any atom is 0.405 e. The number of halogens is 3. The standard InChI is InChI=1S/C24H25F3N6O3S/c1-11-17(22-32-13-5-2-3-7-16(13)37-22)21(33-23(30-11)29-10-24(25,26)27)31-15-9-12(19(35)20(15)36)18(34)14-6-4-8-28-14/h2-5,7-8,12,15,18-20,34-36H,6,9-10H2,1H3,(H2,29,30,31,33)/t12-,15-,18?,19-,20+/m1/s1. The molecule has 0 radical (unpaired) electrons. The molecule has 1 saturated carbocycles. The molecule has 0 spiro atoms. The summed E-state index contributed by atoms with van der Waals surface area (Å²) in [5.41, 5.74) is 2.12. The Labute approximate surface area is 213 Å². The molecule has 1 unspecified atom stereocenters. The molecule has 9 nitrogen and oxygen atoms in total. The summed E-state index contributed by atoms with van der Waals surface area (Å²) in [7, 11) is 0. The largest absolute Gasteiger partial charge is 0.405 e. The van der Waals surface area contributed by atoms with Crippen molar-refractivity contribution >= 4 is 39.0 Å². The summed E-state index contributed by atoms with van der Waals surface area (Å²) >= 11 is 1.38. The number of allylic oxidation sites excluding steroid dienone is 1. The lowest BCUT2D eigenvalue weighted by molar-refractivity contribution is -0.115. The van der Waals surface area contributed by atoms with Gasteiger partial charge in [0.25, 0.3) is 0 Å². The summed E-state index contributed by atoms with van der Waals surface area (Å²) in [4.78, 5) is 17.3. The first-order valence-corrected chi connectivity index (χ1v) is 12.5. The predicted octanol–water partition coefficient (Wildman–Crippen LogP) is 3.28. The number of nitrogens with zero attached hydrogens (tertiary/aromatic N) is 4. The second-order valence-electron chi connectivity index (χ2n) is 9.10. The molecule has 0 amide bonds. The second-order valence-corrected chi connectivity index (χ2v) is 10.1. The van der Waals surface area contributed by atoms with E-state index in [0.29, 0.717) is 28.4 Å². The van der Waals surface area contributed by atoms with Crippen molar-refractivity contribution in [2.24, 2.45) is 10.9 Å². The minimum atomic E-state index is -4.47. The van der Waals surface area contributed by atoms with Crippen LogP contribution in [0.5, 0.6) is 0 Å². The topological polar surface area (TPSA) is 136 Å². The van der Waals surface area contributed by atoms with Crippen LogP contribution in [0.3, 0.4) is 0 Å².